The maximum atomic E-state index is 13.0. The first kappa shape index (κ1) is 11.5. The van der Waals surface area contributed by atoms with Gasteiger partial charge in [-0.3, -0.25) is 4.79 Å². The molecule has 0 heterocycles. The van der Waals surface area contributed by atoms with Gasteiger partial charge in [-0.2, -0.15) is 0 Å². The van der Waals surface area contributed by atoms with Crippen LogP contribution in [0.5, 0.6) is 0 Å². The van der Waals surface area contributed by atoms with Crippen LogP contribution in [-0.4, -0.2) is 15.8 Å². The zero-order valence-electron chi connectivity index (χ0n) is 8.94. The lowest BCUT2D eigenvalue weighted by molar-refractivity contribution is -0.144. The number of hydrogen-bond donors (Lipinski definition) is 1. The van der Waals surface area contributed by atoms with Crippen molar-refractivity contribution in [2.24, 2.45) is 5.92 Å². The monoisotopic (exact) mass is 240 g/mol. The molecule has 2 nitrogen and oxygen atoms in total. The highest BCUT2D eigenvalue weighted by Gasteiger charge is 2.51. The molecule has 1 fully saturated rings. The van der Waals surface area contributed by atoms with E-state index in [1.165, 1.54) is 23.9 Å². The summed E-state index contributed by atoms with van der Waals surface area (Å²) in [6, 6.07) is 6.11. The fraction of sp³-hybridized carbons (Fsp3) is 0.417. The van der Waals surface area contributed by atoms with E-state index in [0.29, 0.717) is 11.3 Å². The van der Waals surface area contributed by atoms with Crippen LogP contribution in [0.15, 0.2) is 29.2 Å². The van der Waals surface area contributed by atoms with Crippen molar-refractivity contribution in [1.29, 1.82) is 0 Å². The Morgan fingerprint density at radius 2 is 2.38 bits per heavy atom. The van der Waals surface area contributed by atoms with Gasteiger partial charge in [0, 0.05) is 4.90 Å². The van der Waals surface area contributed by atoms with Crippen molar-refractivity contribution < 1.29 is 14.3 Å². The van der Waals surface area contributed by atoms with Crippen LogP contribution >= 0.6 is 11.8 Å². The van der Waals surface area contributed by atoms with Crippen LogP contribution in [0.1, 0.15) is 19.8 Å². The molecule has 0 spiro atoms. The highest BCUT2D eigenvalue weighted by atomic mass is 32.2. The van der Waals surface area contributed by atoms with E-state index in [-0.39, 0.29) is 11.7 Å². The zero-order valence-corrected chi connectivity index (χ0v) is 9.76. The summed E-state index contributed by atoms with van der Waals surface area (Å²) in [6.45, 7) is 1.93. The first-order valence-electron chi connectivity index (χ1n) is 5.22. The number of rotatable bonds is 3. The van der Waals surface area contributed by atoms with Gasteiger partial charge < -0.3 is 5.11 Å². The number of halogens is 1. The Kier molecular flexibility index (Phi) is 2.93. The number of carboxylic acids is 1. The van der Waals surface area contributed by atoms with Gasteiger partial charge in [-0.05, 0) is 37.0 Å². The predicted molar refractivity (Wildman–Crippen MR) is 61.0 cm³/mol. The molecule has 2 atom stereocenters. The van der Waals surface area contributed by atoms with Crippen molar-refractivity contribution in [1.82, 2.24) is 0 Å². The van der Waals surface area contributed by atoms with E-state index < -0.39 is 10.7 Å². The van der Waals surface area contributed by atoms with Gasteiger partial charge in [0.25, 0.3) is 0 Å². The molecule has 1 aromatic carbocycles. The number of benzene rings is 1. The summed E-state index contributed by atoms with van der Waals surface area (Å²) in [7, 11) is 0. The van der Waals surface area contributed by atoms with E-state index in [2.05, 4.69) is 0 Å². The first-order valence-corrected chi connectivity index (χ1v) is 6.04. The molecule has 2 rings (SSSR count). The van der Waals surface area contributed by atoms with E-state index >= 15 is 0 Å². The quantitative estimate of drug-likeness (QED) is 0.881. The molecule has 0 saturated heterocycles. The highest BCUT2D eigenvalue weighted by Crippen LogP contribution is 2.51. The Hall–Kier alpha value is -1.03. The van der Waals surface area contributed by atoms with Crippen LogP contribution in [0.2, 0.25) is 0 Å². The summed E-state index contributed by atoms with van der Waals surface area (Å²) in [4.78, 5) is 12.0. The van der Waals surface area contributed by atoms with Crippen molar-refractivity contribution in [3.8, 4) is 0 Å². The molecule has 0 amide bonds. The van der Waals surface area contributed by atoms with Crippen molar-refractivity contribution in [2.45, 2.75) is 29.4 Å². The average Bonchev–Trinajstić information content (AvgIpc) is 2.23. The molecule has 1 aliphatic rings. The van der Waals surface area contributed by atoms with Gasteiger partial charge in [0.2, 0.25) is 0 Å². The molecule has 0 radical (unpaired) electrons. The van der Waals surface area contributed by atoms with Gasteiger partial charge in [0.05, 0.1) is 0 Å². The number of thioether (sulfide) groups is 1. The second-order valence-corrected chi connectivity index (χ2v) is 5.60. The highest BCUT2D eigenvalue weighted by molar-refractivity contribution is 8.01. The number of carboxylic acid groups (broad SMARTS) is 1. The van der Waals surface area contributed by atoms with Crippen LogP contribution in [0, 0.1) is 11.7 Å². The molecule has 4 heteroatoms. The fourth-order valence-corrected chi connectivity index (χ4v) is 3.31. The molecule has 0 aromatic heterocycles. The lowest BCUT2D eigenvalue weighted by Gasteiger charge is -2.43. The van der Waals surface area contributed by atoms with Gasteiger partial charge in [0.15, 0.2) is 0 Å². The maximum absolute atomic E-state index is 13.0. The van der Waals surface area contributed by atoms with Crippen LogP contribution in [-0.2, 0) is 4.79 Å². The molecule has 86 valence electrons. The largest absolute Gasteiger partial charge is 0.480 e. The predicted octanol–water partition coefficient (Wildman–Crippen LogP) is 3.17. The lowest BCUT2D eigenvalue weighted by atomic mass is 9.74. The van der Waals surface area contributed by atoms with Crippen molar-refractivity contribution in [3.05, 3.63) is 30.1 Å². The summed E-state index contributed by atoms with van der Waals surface area (Å²) in [5, 5.41) is 9.27. The second-order valence-electron chi connectivity index (χ2n) is 4.19. The average molecular weight is 240 g/mol. The smallest absolute Gasteiger partial charge is 0.320 e. The van der Waals surface area contributed by atoms with Crippen molar-refractivity contribution in [2.75, 3.05) is 0 Å². The normalized spacial score (nSPS) is 28.5. The molecule has 16 heavy (non-hydrogen) atoms. The summed E-state index contributed by atoms with van der Waals surface area (Å²) >= 11 is 1.27. The number of carbonyl (C=O) groups is 1. The Labute approximate surface area is 97.9 Å². The molecule has 1 aromatic rings. The van der Waals surface area contributed by atoms with Crippen LogP contribution in [0.3, 0.4) is 0 Å². The lowest BCUT2D eigenvalue weighted by Crippen LogP contribution is -2.49. The van der Waals surface area contributed by atoms with E-state index in [1.54, 1.807) is 12.1 Å². The second kappa shape index (κ2) is 4.09. The third kappa shape index (κ3) is 1.82. The number of aliphatic carboxylic acids is 1. The Bertz CT molecular complexity index is 421. The Morgan fingerprint density at radius 1 is 1.62 bits per heavy atom. The maximum Gasteiger partial charge on any atom is 0.320 e. The van der Waals surface area contributed by atoms with Crippen LogP contribution in [0.25, 0.3) is 0 Å². The topological polar surface area (TPSA) is 37.3 Å². The van der Waals surface area contributed by atoms with E-state index in [1.807, 2.05) is 6.92 Å². The third-order valence-electron chi connectivity index (χ3n) is 3.20. The van der Waals surface area contributed by atoms with E-state index in [4.69, 9.17) is 0 Å². The molecule has 0 aliphatic heterocycles. The third-order valence-corrected chi connectivity index (χ3v) is 4.84. The van der Waals surface area contributed by atoms with Gasteiger partial charge in [0.1, 0.15) is 10.6 Å². The standard InChI is InChI=1S/C12H13FO2S/c1-8-5-6-12(8,11(14)15)16-10-4-2-3-9(13)7-10/h2-4,7-8H,5-6H2,1H3,(H,14,15). The molecule has 2 unspecified atom stereocenters. The van der Waals surface area contributed by atoms with Crippen molar-refractivity contribution in [3.63, 3.8) is 0 Å². The van der Waals surface area contributed by atoms with Gasteiger partial charge in [-0.1, -0.05) is 13.0 Å². The zero-order chi connectivity index (χ0) is 11.8. The summed E-state index contributed by atoms with van der Waals surface area (Å²) in [5.74, 6) is -0.976. The molecular weight excluding hydrogens is 227 g/mol. The van der Waals surface area contributed by atoms with Crippen LogP contribution in [0.4, 0.5) is 4.39 Å². The fourth-order valence-electron chi connectivity index (χ4n) is 1.95. The Balaban J connectivity index is 2.22. The summed E-state index contributed by atoms with van der Waals surface area (Å²) < 4.78 is 12.2. The minimum atomic E-state index is -0.791. The molecular formula is C12H13FO2S. The van der Waals surface area contributed by atoms with Gasteiger partial charge >= 0.3 is 5.97 Å². The van der Waals surface area contributed by atoms with Crippen LogP contribution < -0.4 is 0 Å². The Morgan fingerprint density at radius 3 is 2.81 bits per heavy atom. The van der Waals surface area contributed by atoms with E-state index in [0.717, 1.165) is 6.42 Å². The SMILES string of the molecule is CC1CCC1(Sc1cccc(F)c1)C(=O)O. The molecule has 0 bridgehead atoms. The molecule has 1 saturated carbocycles. The minimum Gasteiger partial charge on any atom is -0.480 e. The summed E-state index contributed by atoms with van der Waals surface area (Å²) in [5.41, 5.74) is 0. The summed E-state index contributed by atoms with van der Waals surface area (Å²) in [6.07, 6.45) is 1.58. The van der Waals surface area contributed by atoms with E-state index in [9.17, 15) is 14.3 Å². The molecule has 1 aliphatic carbocycles. The van der Waals surface area contributed by atoms with Gasteiger partial charge in [-0.15, -0.1) is 11.8 Å². The van der Waals surface area contributed by atoms with Crippen molar-refractivity contribution >= 4 is 17.7 Å². The number of hydrogen-bond acceptors (Lipinski definition) is 2. The van der Waals surface area contributed by atoms with Gasteiger partial charge in [-0.25, -0.2) is 4.39 Å². The minimum absolute atomic E-state index is 0.137. The molecule has 1 N–H and O–H groups in total. The first-order chi connectivity index (χ1) is 7.54.